The summed E-state index contributed by atoms with van der Waals surface area (Å²) in [5.74, 6) is -1.44. The third-order valence-corrected chi connectivity index (χ3v) is 3.52. The highest BCUT2D eigenvalue weighted by atomic mass is 16.6. The Morgan fingerprint density at radius 3 is 2.75 bits per heavy atom. The van der Waals surface area contributed by atoms with Gasteiger partial charge in [0.25, 0.3) is 11.7 Å². The summed E-state index contributed by atoms with van der Waals surface area (Å²) in [4.78, 5) is 40.1. The molecule has 0 radical (unpaired) electrons. The number of aromatic nitrogens is 1. The van der Waals surface area contributed by atoms with Gasteiger partial charge in [-0.15, -0.1) is 0 Å². The minimum atomic E-state index is -1.23. The molecule has 1 aromatic rings. The smallest absolute Gasteiger partial charge is 0.366 e. The SMILES string of the molecule is CCCOC(=O)C(C)N1C(=O)C(C)(C)Oc2ccc([N+](=O)[O-])nc21. The van der Waals surface area contributed by atoms with Crippen LogP contribution in [-0.4, -0.2) is 40.0 Å². The van der Waals surface area contributed by atoms with Gasteiger partial charge in [0.2, 0.25) is 0 Å². The summed E-state index contributed by atoms with van der Waals surface area (Å²) >= 11 is 0. The predicted octanol–water partition coefficient (Wildman–Crippen LogP) is 1.84. The van der Waals surface area contributed by atoms with E-state index in [1.54, 1.807) is 13.8 Å². The van der Waals surface area contributed by atoms with Gasteiger partial charge in [0.05, 0.1) is 6.61 Å². The lowest BCUT2D eigenvalue weighted by Gasteiger charge is -2.37. The van der Waals surface area contributed by atoms with Gasteiger partial charge in [0.1, 0.15) is 6.04 Å². The van der Waals surface area contributed by atoms with Gasteiger partial charge in [-0.2, -0.15) is 0 Å². The van der Waals surface area contributed by atoms with Crippen LogP contribution in [0.5, 0.6) is 5.75 Å². The molecule has 1 amide bonds. The molecular weight excluding hydrogens is 318 g/mol. The van der Waals surface area contributed by atoms with Crippen molar-refractivity contribution in [2.24, 2.45) is 0 Å². The van der Waals surface area contributed by atoms with Crippen molar-refractivity contribution in [1.29, 1.82) is 0 Å². The zero-order chi connectivity index (χ0) is 18.1. The first-order chi connectivity index (χ1) is 11.2. The molecule has 1 unspecified atom stereocenters. The molecule has 1 aliphatic heterocycles. The number of hydrogen-bond acceptors (Lipinski definition) is 7. The average molecular weight is 337 g/mol. The van der Waals surface area contributed by atoms with Crippen molar-refractivity contribution in [3.63, 3.8) is 0 Å². The second-order valence-corrected chi connectivity index (χ2v) is 5.88. The van der Waals surface area contributed by atoms with Crippen LogP contribution in [0.4, 0.5) is 11.6 Å². The zero-order valence-electron chi connectivity index (χ0n) is 13.9. The van der Waals surface area contributed by atoms with E-state index in [4.69, 9.17) is 9.47 Å². The number of hydrogen-bond donors (Lipinski definition) is 0. The Balaban J connectivity index is 2.48. The maximum absolute atomic E-state index is 12.7. The number of carbonyl (C=O) groups is 2. The van der Waals surface area contributed by atoms with Gasteiger partial charge < -0.3 is 19.6 Å². The average Bonchev–Trinajstić information content (AvgIpc) is 2.52. The van der Waals surface area contributed by atoms with E-state index in [1.165, 1.54) is 19.1 Å². The molecule has 0 saturated carbocycles. The molecule has 0 spiro atoms. The quantitative estimate of drug-likeness (QED) is 0.457. The van der Waals surface area contributed by atoms with Gasteiger partial charge >= 0.3 is 11.8 Å². The van der Waals surface area contributed by atoms with Crippen LogP contribution in [-0.2, 0) is 14.3 Å². The van der Waals surface area contributed by atoms with Gasteiger partial charge in [-0.05, 0) is 43.2 Å². The monoisotopic (exact) mass is 337 g/mol. The number of ether oxygens (including phenoxy) is 2. The van der Waals surface area contributed by atoms with E-state index in [-0.39, 0.29) is 18.2 Å². The fourth-order valence-corrected chi connectivity index (χ4v) is 2.27. The van der Waals surface area contributed by atoms with E-state index >= 15 is 0 Å². The normalized spacial score (nSPS) is 16.8. The van der Waals surface area contributed by atoms with E-state index in [0.29, 0.717) is 6.42 Å². The lowest BCUT2D eigenvalue weighted by molar-refractivity contribution is -0.389. The van der Waals surface area contributed by atoms with Crippen LogP contribution in [0.25, 0.3) is 0 Å². The summed E-state index contributed by atoms with van der Waals surface area (Å²) in [5, 5.41) is 11.0. The summed E-state index contributed by atoms with van der Waals surface area (Å²) in [5.41, 5.74) is -1.23. The van der Waals surface area contributed by atoms with Crippen LogP contribution in [0.2, 0.25) is 0 Å². The minimum absolute atomic E-state index is 0.0607. The molecule has 0 aliphatic carbocycles. The second-order valence-electron chi connectivity index (χ2n) is 5.88. The number of anilines is 1. The van der Waals surface area contributed by atoms with Gasteiger partial charge in [0, 0.05) is 6.07 Å². The van der Waals surface area contributed by atoms with Crippen molar-refractivity contribution >= 4 is 23.5 Å². The maximum atomic E-state index is 12.7. The van der Waals surface area contributed by atoms with E-state index in [0.717, 1.165) is 4.90 Å². The highest BCUT2D eigenvalue weighted by Crippen LogP contribution is 2.38. The van der Waals surface area contributed by atoms with Crippen molar-refractivity contribution in [1.82, 2.24) is 4.98 Å². The molecule has 1 atom stereocenters. The number of amides is 1. The van der Waals surface area contributed by atoms with E-state index in [2.05, 4.69) is 4.98 Å². The van der Waals surface area contributed by atoms with Gasteiger partial charge in [-0.1, -0.05) is 6.92 Å². The first kappa shape index (κ1) is 17.6. The molecule has 2 rings (SSSR count). The molecule has 0 saturated heterocycles. The molecule has 2 heterocycles. The summed E-state index contributed by atoms with van der Waals surface area (Å²) in [6.45, 7) is 6.66. The first-order valence-electron chi connectivity index (χ1n) is 7.53. The molecule has 9 heteroatoms. The molecule has 130 valence electrons. The number of fused-ring (bicyclic) bond motifs is 1. The van der Waals surface area contributed by atoms with Gasteiger partial charge in [-0.25, -0.2) is 4.79 Å². The second kappa shape index (κ2) is 6.42. The van der Waals surface area contributed by atoms with Crippen molar-refractivity contribution in [3.05, 3.63) is 22.2 Å². The summed E-state index contributed by atoms with van der Waals surface area (Å²) in [7, 11) is 0. The van der Waals surface area contributed by atoms with Crippen molar-refractivity contribution in [2.75, 3.05) is 11.5 Å². The van der Waals surface area contributed by atoms with Crippen molar-refractivity contribution in [2.45, 2.75) is 45.8 Å². The Morgan fingerprint density at radius 1 is 1.50 bits per heavy atom. The molecule has 0 N–H and O–H groups in total. The van der Waals surface area contributed by atoms with Crippen LogP contribution in [0, 0.1) is 10.1 Å². The van der Waals surface area contributed by atoms with Crippen molar-refractivity contribution in [3.8, 4) is 5.75 Å². The molecule has 1 aliphatic rings. The molecular formula is C15H19N3O6. The summed E-state index contributed by atoms with van der Waals surface area (Å²) < 4.78 is 10.7. The topological polar surface area (TPSA) is 112 Å². The molecule has 9 nitrogen and oxygen atoms in total. The maximum Gasteiger partial charge on any atom is 0.366 e. The molecule has 0 bridgehead atoms. The van der Waals surface area contributed by atoms with Gasteiger partial charge in [0.15, 0.2) is 11.4 Å². The number of nitro groups is 1. The standard InChI is InChI=1S/C15H19N3O6/c1-5-8-23-13(19)9(2)17-12-10(24-15(3,4)14(17)20)6-7-11(16-12)18(21)22/h6-7,9H,5,8H2,1-4H3. The van der Waals surface area contributed by atoms with Gasteiger partial charge in [-0.3, -0.25) is 9.69 Å². The number of carbonyl (C=O) groups excluding carboxylic acids is 2. The van der Waals surface area contributed by atoms with Crippen molar-refractivity contribution < 1.29 is 24.0 Å². The van der Waals surface area contributed by atoms with E-state index < -0.39 is 34.3 Å². The number of rotatable bonds is 5. The number of esters is 1. The number of pyridine rings is 1. The fraction of sp³-hybridized carbons (Fsp3) is 0.533. The van der Waals surface area contributed by atoms with E-state index in [1.807, 2.05) is 6.92 Å². The van der Waals surface area contributed by atoms with Crippen LogP contribution < -0.4 is 9.64 Å². The molecule has 0 aromatic carbocycles. The lowest BCUT2D eigenvalue weighted by atomic mass is 10.0. The Kier molecular flexibility index (Phi) is 4.72. The first-order valence-corrected chi connectivity index (χ1v) is 7.53. The third kappa shape index (κ3) is 3.15. The predicted molar refractivity (Wildman–Crippen MR) is 83.8 cm³/mol. The van der Waals surface area contributed by atoms with Crippen LogP contribution in [0.3, 0.4) is 0 Å². The number of nitrogens with zero attached hydrogens (tertiary/aromatic N) is 3. The van der Waals surface area contributed by atoms with E-state index in [9.17, 15) is 19.7 Å². The van der Waals surface area contributed by atoms with Crippen LogP contribution in [0.15, 0.2) is 12.1 Å². The summed E-state index contributed by atoms with van der Waals surface area (Å²) in [6.07, 6.45) is 0.640. The van der Waals surface area contributed by atoms with Crippen LogP contribution in [0.1, 0.15) is 34.1 Å². The van der Waals surface area contributed by atoms with Crippen LogP contribution >= 0.6 is 0 Å². The highest BCUT2D eigenvalue weighted by Gasteiger charge is 2.48. The minimum Gasteiger partial charge on any atom is -0.472 e. The fourth-order valence-electron chi connectivity index (χ4n) is 2.27. The Hall–Kier alpha value is -2.71. The third-order valence-electron chi connectivity index (χ3n) is 3.52. The highest BCUT2D eigenvalue weighted by molar-refractivity contribution is 6.05. The zero-order valence-corrected chi connectivity index (χ0v) is 13.9. The Labute approximate surface area is 138 Å². The molecule has 0 fully saturated rings. The molecule has 24 heavy (non-hydrogen) atoms. The Bertz CT molecular complexity index is 688. The summed E-state index contributed by atoms with van der Waals surface area (Å²) in [6, 6.07) is 1.56. The molecule has 1 aromatic heterocycles. The largest absolute Gasteiger partial charge is 0.472 e. The lowest BCUT2D eigenvalue weighted by Crippen LogP contribution is -2.57. The Morgan fingerprint density at radius 2 is 2.17 bits per heavy atom.